The van der Waals surface area contributed by atoms with E-state index >= 15 is 0 Å². The number of benzene rings is 1. The van der Waals surface area contributed by atoms with Crippen molar-refractivity contribution in [3.8, 4) is 11.1 Å². The topological polar surface area (TPSA) is 101 Å². The van der Waals surface area contributed by atoms with Crippen molar-refractivity contribution >= 4 is 27.7 Å². The molecular formula is C20H17BrF3N3O4S. The van der Waals surface area contributed by atoms with Crippen molar-refractivity contribution in [1.29, 1.82) is 0 Å². The Hall–Kier alpha value is -1.96. The molecule has 1 aliphatic rings. The highest BCUT2D eigenvalue weighted by Crippen LogP contribution is 2.38. The molecule has 1 aromatic carbocycles. The summed E-state index contributed by atoms with van der Waals surface area (Å²) in [6, 6.07) is 2.38. The summed E-state index contributed by atoms with van der Waals surface area (Å²) >= 11 is 4.46. The van der Waals surface area contributed by atoms with Gasteiger partial charge >= 0.3 is 0 Å². The molecule has 12 heteroatoms. The largest absolute Gasteiger partial charge is 0.394 e. The standard InChI is InChI=1S/C20H17BrF3N3O4S/c21-11-3-12(6-25-5-11)32-20-19(30)17(18(29)15(8-28)31-20)27-7-10(4-26-27)9-1-13(22)16(24)14(23)2-9/h1-7,15,17-20,28-30H,8H2/t15?,17-,18-,19?,20+/m0/s1. The van der Waals surface area contributed by atoms with E-state index in [1.54, 1.807) is 18.5 Å². The number of hydrogen-bond acceptors (Lipinski definition) is 7. The van der Waals surface area contributed by atoms with Gasteiger partial charge in [-0.3, -0.25) is 9.67 Å². The lowest BCUT2D eigenvalue weighted by atomic mass is 9.97. The molecule has 4 rings (SSSR count). The predicted molar refractivity (Wildman–Crippen MR) is 112 cm³/mol. The van der Waals surface area contributed by atoms with Crippen molar-refractivity contribution < 1.29 is 33.2 Å². The molecule has 0 bridgehead atoms. The Kier molecular flexibility index (Phi) is 6.89. The highest BCUT2D eigenvalue weighted by Gasteiger charge is 2.46. The number of aliphatic hydroxyl groups is 3. The summed E-state index contributed by atoms with van der Waals surface area (Å²) in [5, 5.41) is 35.4. The Balaban J connectivity index is 1.64. The highest BCUT2D eigenvalue weighted by molar-refractivity contribution is 9.10. The molecule has 0 amide bonds. The molecule has 3 heterocycles. The number of hydrogen-bond donors (Lipinski definition) is 3. The molecular weight excluding hydrogens is 515 g/mol. The number of halogens is 4. The second-order valence-corrected chi connectivity index (χ2v) is 9.20. The Bertz CT molecular complexity index is 1100. The van der Waals surface area contributed by atoms with Crippen LogP contribution in [0, 0.1) is 17.5 Å². The molecule has 0 aliphatic carbocycles. The van der Waals surface area contributed by atoms with Crippen LogP contribution in [0.1, 0.15) is 6.04 Å². The fraction of sp³-hybridized carbons (Fsp3) is 0.300. The molecule has 3 aromatic rings. The van der Waals surface area contributed by atoms with Gasteiger partial charge in [0.1, 0.15) is 29.8 Å². The van der Waals surface area contributed by atoms with Gasteiger partial charge in [0.2, 0.25) is 0 Å². The Morgan fingerprint density at radius 3 is 2.41 bits per heavy atom. The SMILES string of the molecule is OCC1O[C@H](Sc2cncc(Br)c2)C(O)[C@@H](n2cc(-c3cc(F)c(F)c(F)c3)cn2)[C@H]1O. The summed E-state index contributed by atoms with van der Waals surface area (Å²) in [7, 11) is 0. The zero-order valence-corrected chi connectivity index (χ0v) is 18.5. The Labute approximate surface area is 193 Å². The van der Waals surface area contributed by atoms with E-state index in [0.717, 1.165) is 28.4 Å². The predicted octanol–water partition coefficient (Wildman–Crippen LogP) is 2.90. The van der Waals surface area contributed by atoms with E-state index in [2.05, 4.69) is 26.0 Å². The van der Waals surface area contributed by atoms with E-state index < -0.39 is 53.8 Å². The van der Waals surface area contributed by atoms with Gasteiger partial charge in [-0.15, -0.1) is 0 Å². The molecule has 170 valence electrons. The molecule has 0 saturated carbocycles. The average molecular weight is 532 g/mol. The van der Waals surface area contributed by atoms with E-state index in [1.807, 2.05) is 0 Å². The van der Waals surface area contributed by atoms with Crippen molar-refractivity contribution in [2.24, 2.45) is 0 Å². The van der Waals surface area contributed by atoms with Crippen LogP contribution in [0.2, 0.25) is 0 Å². The van der Waals surface area contributed by atoms with E-state index in [0.29, 0.717) is 4.90 Å². The molecule has 7 nitrogen and oxygen atoms in total. The first kappa shape index (κ1) is 23.2. The third-order valence-electron chi connectivity index (χ3n) is 5.00. The molecule has 5 atom stereocenters. The fourth-order valence-electron chi connectivity index (χ4n) is 3.44. The van der Waals surface area contributed by atoms with Crippen LogP contribution in [-0.4, -0.2) is 60.4 Å². The van der Waals surface area contributed by atoms with Crippen molar-refractivity contribution in [3.63, 3.8) is 0 Å². The summed E-state index contributed by atoms with van der Waals surface area (Å²) in [5.74, 6) is -4.28. The number of thioether (sulfide) groups is 1. The monoisotopic (exact) mass is 531 g/mol. The van der Waals surface area contributed by atoms with E-state index in [-0.39, 0.29) is 11.1 Å². The minimum atomic E-state index is -1.58. The van der Waals surface area contributed by atoms with Crippen LogP contribution in [0.4, 0.5) is 13.2 Å². The molecule has 0 radical (unpaired) electrons. The lowest BCUT2D eigenvalue weighted by Crippen LogP contribution is -2.54. The van der Waals surface area contributed by atoms with Crippen molar-refractivity contribution in [2.75, 3.05) is 6.61 Å². The minimum Gasteiger partial charge on any atom is -0.394 e. The summed E-state index contributed by atoms with van der Waals surface area (Å²) < 4.78 is 48.1. The number of ether oxygens (including phenoxy) is 1. The van der Waals surface area contributed by atoms with Crippen LogP contribution in [0.15, 0.2) is 52.4 Å². The smallest absolute Gasteiger partial charge is 0.194 e. The number of rotatable bonds is 5. The normalized spacial score (nSPS) is 25.8. The van der Waals surface area contributed by atoms with Crippen LogP contribution in [0.25, 0.3) is 11.1 Å². The van der Waals surface area contributed by atoms with Gasteiger partial charge in [0.05, 0.1) is 12.8 Å². The second-order valence-electron chi connectivity index (χ2n) is 7.12. The number of aliphatic hydroxyl groups excluding tert-OH is 3. The molecule has 1 aliphatic heterocycles. The van der Waals surface area contributed by atoms with Crippen LogP contribution in [-0.2, 0) is 4.74 Å². The first-order valence-corrected chi connectivity index (χ1v) is 11.0. The third kappa shape index (κ3) is 4.56. The van der Waals surface area contributed by atoms with Crippen LogP contribution < -0.4 is 0 Å². The molecule has 2 unspecified atom stereocenters. The second kappa shape index (κ2) is 9.49. The van der Waals surface area contributed by atoms with Gasteiger partial charge in [0.15, 0.2) is 17.5 Å². The Morgan fingerprint density at radius 2 is 1.75 bits per heavy atom. The maximum Gasteiger partial charge on any atom is 0.194 e. The summed E-state index contributed by atoms with van der Waals surface area (Å²) in [6.07, 6.45) is 2.18. The number of aromatic nitrogens is 3. The van der Waals surface area contributed by atoms with E-state index in [1.165, 1.54) is 17.1 Å². The quantitative estimate of drug-likeness (QED) is 0.435. The van der Waals surface area contributed by atoms with Crippen molar-refractivity contribution in [2.45, 2.75) is 34.7 Å². The van der Waals surface area contributed by atoms with Gasteiger partial charge in [0, 0.05) is 33.5 Å². The molecule has 2 aromatic heterocycles. The maximum atomic E-state index is 13.6. The zero-order chi connectivity index (χ0) is 23.0. The fourth-order valence-corrected chi connectivity index (χ4v) is 5.04. The summed E-state index contributed by atoms with van der Waals surface area (Å²) in [6.45, 7) is -0.513. The van der Waals surface area contributed by atoms with Crippen LogP contribution >= 0.6 is 27.7 Å². The molecule has 3 N–H and O–H groups in total. The molecule has 32 heavy (non-hydrogen) atoms. The molecule has 1 saturated heterocycles. The first-order valence-electron chi connectivity index (χ1n) is 9.37. The number of pyridine rings is 1. The lowest BCUT2D eigenvalue weighted by Gasteiger charge is -2.42. The summed E-state index contributed by atoms with van der Waals surface area (Å²) in [4.78, 5) is 4.73. The molecule has 0 spiro atoms. The van der Waals surface area contributed by atoms with Crippen LogP contribution in [0.3, 0.4) is 0 Å². The van der Waals surface area contributed by atoms with Gasteiger partial charge in [-0.1, -0.05) is 11.8 Å². The lowest BCUT2D eigenvalue weighted by molar-refractivity contribution is -0.178. The van der Waals surface area contributed by atoms with Gasteiger partial charge in [-0.05, 0) is 39.7 Å². The van der Waals surface area contributed by atoms with Gasteiger partial charge in [-0.25, -0.2) is 13.2 Å². The van der Waals surface area contributed by atoms with Gasteiger partial charge in [-0.2, -0.15) is 5.10 Å². The highest BCUT2D eigenvalue weighted by atomic mass is 79.9. The summed E-state index contributed by atoms with van der Waals surface area (Å²) in [5.41, 5.74) is -0.604. The third-order valence-corrected chi connectivity index (χ3v) is 6.56. The number of nitrogens with zero attached hydrogens (tertiary/aromatic N) is 3. The van der Waals surface area contributed by atoms with Gasteiger partial charge in [0.25, 0.3) is 0 Å². The van der Waals surface area contributed by atoms with Gasteiger partial charge < -0.3 is 20.1 Å². The van der Waals surface area contributed by atoms with Crippen molar-refractivity contribution in [3.05, 3.63) is 64.9 Å². The average Bonchev–Trinajstić information content (AvgIpc) is 3.23. The minimum absolute atomic E-state index is 0.0357. The van der Waals surface area contributed by atoms with Crippen molar-refractivity contribution in [1.82, 2.24) is 14.8 Å². The van der Waals surface area contributed by atoms with E-state index in [9.17, 15) is 28.5 Å². The Morgan fingerprint density at radius 1 is 1.03 bits per heavy atom. The zero-order valence-electron chi connectivity index (χ0n) is 16.1. The maximum absolute atomic E-state index is 13.6. The van der Waals surface area contributed by atoms with E-state index in [4.69, 9.17) is 4.74 Å². The van der Waals surface area contributed by atoms with Crippen LogP contribution in [0.5, 0.6) is 0 Å². The first-order chi connectivity index (χ1) is 15.3. The molecule has 1 fully saturated rings.